The molecular weight excluding hydrogens is 376 g/mol. The summed E-state index contributed by atoms with van der Waals surface area (Å²) in [7, 11) is 0. The SMILES string of the molecule is O=C(NC(c1c(F)ccc(Cl)c1Cl)C1(CCO)CCCC1)C1CCCC1. The molecule has 0 heterocycles. The molecule has 2 fully saturated rings. The Morgan fingerprint density at radius 2 is 1.88 bits per heavy atom. The van der Waals surface area contributed by atoms with Gasteiger partial charge in [0, 0.05) is 18.1 Å². The highest BCUT2D eigenvalue weighted by atomic mass is 35.5. The first-order valence-electron chi connectivity index (χ1n) is 9.53. The second-order valence-electron chi connectivity index (χ2n) is 7.72. The lowest BCUT2D eigenvalue weighted by atomic mass is 9.72. The minimum absolute atomic E-state index is 0.00436. The van der Waals surface area contributed by atoms with Gasteiger partial charge in [-0.1, -0.05) is 48.9 Å². The lowest BCUT2D eigenvalue weighted by Gasteiger charge is -2.39. The first-order valence-corrected chi connectivity index (χ1v) is 10.3. The molecule has 2 N–H and O–H groups in total. The fourth-order valence-corrected chi connectivity index (χ4v) is 5.20. The van der Waals surface area contributed by atoms with E-state index in [1.54, 1.807) is 0 Å². The Hall–Kier alpha value is -0.840. The fraction of sp³-hybridized carbons (Fsp3) is 0.650. The number of hydrogen-bond donors (Lipinski definition) is 2. The van der Waals surface area contributed by atoms with E-state index in [1.165, 1.54) is 12.1 Å². The molecule has 1 aromatic rings. The summed E-state index contributed by atoms with van der Waals surface area (Å²) in [4.78, 5) is 12.9. The van der Waals surface area contributed by atoms with Crippen LogP contribution in [-0.2, 0) is 4.79 Å². The summed E-state index contributed by atoms with van der Waals surface area (Å²) < 4.78 is 14.8. The van der Waals surface area contributed by atoms with Gasteiger partial charge in [0.05, 0.1) is 16.1 Å². The lowest BCUT2D eigenvalue weighted by Crippen LogP contribution is -2.43. The van der Waals surface area contributed by atoms with Crippen molar-refractivity contribution in [2.45, 2.75) is 63.8 Å². The highest BCUT2D eigenvalue weighted by molar-refractivity contribution is 6.42. The zero-order valence-electron chi connectivity index (χ0n) is 14.9. The predicted molar refractivity (Wildman–Crippen MR) is 102 cm³/mol. The molecule has 3 rings (SSSR count). The van der Waals surface area contributed by atoms with Crippen LogP contribution in [0.25, 0.3) is 0 Å². The van der Waals surface area contributed by atoms with Crippen molar-refractivity contribution in [3.63, 3.8) is 0 Å². The molecule has 0 radical (unpaired) electrons. The van der Waals surface area contributed by atoms with Crippen molar-refractivity contribution in [2.75, 3.05) is 6.61 Å². The van der Waals surface area contributed by atoms with E-state index in [0.717, 1.165) is 51.4 Å². The number of benzene rings is 1. The normalized spacial score (nSPS) is 21.1. The van der Waals surface area contributed by atoms with Crippen LogP contribution < -0.4 is 5.32 Å². The monoisotopic (exact) mass is 401 g/mol. The van der Waals surface area contributed by atoms with Crippen LogP contribution in [0.5, 0.6) is 0 Å². The van der Waals surface area contributed by atoms with Gasteiger partial charge in [-0.3, -0.25) is 4.79 Å². The predicted octanol–water partition coefficient (Wildman–Crippen LogP) is 5.42. The molecule has 2 aliphatic carbocycles. The van der Waals surface area contributed by atoms with Gasteiger partial charge in [-0.25, -0.2) is 4.39 Å². The number of carbonyl (C=O) groups excluding carboxylic acids is 1. The minimum Gasteiger partial charge on any atom is -0.396 e. The summed E-state index contributed by atoms with van der Waals surface area (Å²) in [5, 5.41) is 13.2. The summed E-state index contributed by atoms with van der Waals surface area (Å²) in [5.41, 5.74) is -0.126. The Morgan fingerprint density at radius 1 is 1.23 bits per heavy atom. The van der Waals surface area contributed by atoms with E-state index < -0.39 is 17.3 Å². The molecule has 0 saturated heterocycles. The second kappa shape index (κ2) is 8.45. The Balaban J connectivity index is 2.01. The molecule has 0 aromatic heterocycles. The van der Waals surface area contributed by atoms with Gasteiger partial charge in [-0.05, 0) is 49.7 Å². The van der Waals surface area contributed by atoms with Crippen LogP contribution in [0.15, 0.2) is 12.1 Å². The molecule has 2 saturated carbocycles. The van der Waals surface area contributed by atoms with Crippen LogP contribution in [0, 0.1) is 17.2 Å². The number of hydrogen-bond acceptors (Lipinski definition) is 2. The zero-order chi connectivity index (χ0) is 18.7. The minimum atomic E-state index is -0.573. The van der Waals surface area contributed by atoms with E-state index in [4.69, 9.17) is 23.2 Å². The van der Waals surface area contributed by atoms with E-state index >= 15 is 0 Å². The van der Waals surface area contributed by atoms with Crippen molar-refractivity contribution in [3.05, 3.63) is 33.6 Å². The highest BCUT2D eigenvalue weighted by Gasteiger charge is 2.45. The molecule has 144 valence electrons. The molecule has 26 heavy (non-hydrogen) atoms. The van der Waals surface area contributed by atoms with Crippen molar-refractivity contribution in [2.24, 2.45) is 11.3 Å². The number of aliphatic hydroxyl groups excluding tert-OH is 1. The van der Waals surface area contributed by atoms with Gasteiger partial charge in [0.2, 0.25) is 5.91 Å². The van der Waals surface area contributed by atoms with Crippen molar-refractivity contribution in [3.8, 4) is 0 Å². The first-order chi connectivity index (χ1) is 12.5. The van der Waals surface area contributed by atoms with Gasteiger partial charge in [-0.15, -0.1) is 0 Å². The number of aliphatic hydroxyl groups is 1. The van der Waals surface area contributed by atoms with E-state index in [-0.39, 0.29) is 34.0 Å². The summed E-state index contributed by atoms with van der Waals surface area (Å²) >= 11 is 12.6. The first kappa shape index (κ1) is 19.9. The van der Waals surface area contributed by atoms with Crippen LogP contribution in [0.4, 0.5) is 4.39 Å². The molecule has 1 atom stereocenters. The average Bonchev–Trinajstić information content (AvgIpc) is 3.30. The van der Waals surface area contributed by atoms with Gasteiger partial charge in [0.1, 0.15) is 5.82 Å². The van der Waals surface area contributed by atoms with Crippen LogP contribution in [0.3, 0.4) is 0 Å². The number of rotatable bonds is 6. The molecule has 0 bridgehead atoms. The number of nitrogens with one attached hydrogen (secondary N) is 1. The van der Waals surface area contributed by atoms with Crippen molar-refractivity contribution in [1.82, 2.24) is 5.32 Å². The summed E-state index contributed by atoms with van der Waals surface area (Å²) in [6.07, 6.45) is 8.00. The Bertz CT molecular complexity index is 655. The highest BCUT2D eigenvalue weighted by Crippen LogP contribution is 2.52. The smallest absolute Gasteiger partial charge is 0.223 e. The Morgan fingerprint density at radius 3 is 2.50 bits per heavy atom. The van der Waals surface area contributed by atoms with Crippen LogP contribution in [0.2, 0.25) is 10.0 Å². The van der Waals surface area contributed by atoms with Crippen LogP contribution >= 0.6 is 23.2 Å². The number of amides is 1. The summed E-state index contributed by atoms with van der Waals surface area (Å²) in [6, 6.07) is 2.17. The second-order valence-corrected chi connectivity index (χ2v) is 8.51. The van der Waals surface area contributed by atoms with Gasteiger partial charge in [0.15, 0.2) is 0 Å². The zero-order valence-corrected chi connectivity index (χ0v) is 16.4. The number of carbonyl (C=O) groups is 1. The molecule has 3 nitrogen and oxygen atoms in total. The third kappa shape index (κ3) is 3.88. The number of halogens is 3. The van der Waals surface area contributed by atoms with Crippen molar-refractivity contribution < 1.29 is 14.3 Å². The molecule has 1 unspecified atom stereocenters. The maximum absolute atomic E-state index is 14.8. The van der Waals surface area contributed by atoms with Gasteiger partial charge >= 0.3 is 0 Å². The van der Waals surface area contributed by atoms with Crippen molar-refractivity contribution in [1.29, 1.82) is 0 Å². The third-order valence-corrected chi connectivity index (χ3v) is 7.02. The Labute approximate surface area is 164 Å². The molecule has 0 aliphatic heterocycles. The molecule has 6 heteroatoms. The van der Waals surface area contributed by atoms with E-state index in [9.17, 15) is 14.3 Å². The van der Waals surface area contributed by atoms with Gasteiger partial charge < -0.3 is 10.4 Å². The maximum Gasteiger partial charge on any atom is 0.223 e. The van der Waals surface area contributed by atoms with E-state index in [2.05, 4.69) is 5.32 Å². The van der Waals surface area contributed by atoms with Gasteiger partial charge in [-0.2, -0.15) is 0 Å². The molecule has 1 aromatic carbocycles. The molecular formula is C20H26Cl2FNO2. The summed E-state index contributed by atoms with van der Waals surface area (Å²) in [6.45, 7) is -0.00436. The largest absolute Gasteiger partial charge is 0.396 e. The topological polar surface area (TPSA) is 49.3 Å². The standard InChI is InChI=1S/C20H26Cl2FNO2/c21-14-7-8-15(23)16(17(14)22)18(20(11-12-25)9-3-4-10-20)24-19(26)13-5-1-2-6-13/h7-8,13,18,25H,1-6,9-12H2,(H,24,26). The molecule has 0 spiro atoms. The average molecular weight is 402 g/mol. The van der Waals surface area contributed by atoms with E-state index in [0.29, 0.717) is 6.42 Å². The van der Waals surface area contributed by atoms with Crippen molar-refractivity contribution >= 4 is 29.1 Å². The lowest BCUT2D eigenvalue weighted by molar-refractivity contribution is -0.126. The quantitative estimate of drug-likeness (QED) is 0.624. The van der Waals surface area contributed by atoms with Crippen LogP contribution in [-0.4, -0.2) is 17.6 Å². The Kier molecular flexibility index (Phi) is 6.47. The fourth-order valence-electron chi connectivity index (χ4n) is 4.77. The molecule has 1 amide bonds. The maximum atomic E-state index is 14.8. The van der Waals surface area contributed by atoms with E-state index in [1.807, 2.05) is 0 Å². The van der Waals surface area contributed by atoms with Crippen LogP contribution in [0.1, 0.15) is 69.4 Å². The van der Waals surface area contributed by atoms with Gasteiger partial charge in [0.25, 0.3) is 0 Å². The third-order valence-electron chi connectivity index (χ3n) is 6.20. The molecule has 2 aliphatic rings. The summed E-state index contributed by atoms with van der Waals surface area (Å²) in [5.74, 6) is -0.515.